The van der Waals surface area contributed by atoms with Crippen molar-refractivity contribution in [2.45, 2.75) is 25.4 Å². The molecule has 1 aliphatic carbocycles. The number of hydrogen-bond acceptors (Lipinski definition) is 1. The second-order valence-corrected chi connectivity index (χ2v) is 3.00. The fraction of sp³-hybridized carbons (Fsp3) is 1.00. The molecule has 0 radical (unpaired) electrons. The third-order valence-corrected chi connectivity index (χ3v) is 1.97. The molecule has 11 heavy (non-hydrogen) atoms. The number of halogens is 4. The van der Waals surface area contributed by atoms with Gasteiger partial charge in [-0.3, -0.25) is 0 Å². The molecule has 0 bridgehead atoms. The minimum atomic E-state index is -4.03. The first kappa shape index (κ1) is 11.0. The van der Waals surface area contributed by atoms with Crippen LogP contribution in [0.1, 0.15) is 19.3 Å². The fourth-order valence-corrected chi connectivity index (χ4v) is 1.06. The molecule has 0 aromatic rings. The minimum absolute atomic E-state index is 0. The molecule has 0 unspecified atom stereocenters. The van der Waals surface area contributed by atoms with Gasteiger partial charge in [-0.25, -0.2) is 0 Å². The van der Waals surface area contributed by atoms with Gasteiger partial charge in [0.05, 0.1) is 6.42 Å². The molecule has 0 amide bonds. The van der Waals surface area contributed by atoms with Crippen molar-refractivity contribution in [1.82, 2.24) is 0 Å². The molecule has 0 aromatic heterocycles. The summed E-state index contributed by atoms with van der Waals surface area (Å²) in [4.78, 5) is 0. The molecular weight excluding hydrogens is 179 g/mol. The molecule has 1 aliphatic rings. The van der Waals surface area contributed by atoms with Crippen LogP contribution in [0.3, 0.4) is 0 Å². The third kappa shape index (κ3) is 3.29. The van der Waals surface area contributed by atoms with Crippen LogP contribution in [-0.4, -0.2) is 12.7 Å². The Bertz CT molecular complexity index is 130. The first-order chi connectivity index (χ1) is 4.47. The lowest BCUT2D eigenvalue weighted by Crippen LogP contribution is -2.23. The van der Waals surface area contributed by atoms with E-state index in [-0.39, 0.29) is 19.0 Å². The predicted octanol–water partition coefficient (Wildman–Crippen LogP) is 2.10. The maximum Gasteiger partial charge on any atom is 0.389 e. The summed E-state index contributed by atoms with van der Waals surface area (Å²) in [5, 5.41) is 0. The van der Waals surface area contributed by atoms with E-state index < -0.39 is 18.0 Å². The van der Waals surface area contributed by atoms with E-state index in [2.05, 4.69) is 0 Å². The van der Waals surface area contributed by atoms with Crippen molar-refractivity contribution >= 4 is 12.4 Å². The van der Waals surface area contributed by atoms with E-state index in [0.717, 1.165) is 0 Å². The zero-order valence-electron chi connectivity index (χ0n) is 5.95. The van der Waals surface area contributed by atoms with E-state index in [4.69, 9.17) is 5.73 Å². The summed E-state index contributed by atoms with van der Waals surface area (Å²) in [7, 11) is 0. The van der Waals surface area contributed by atoms with Crippen molar-refractivity contribution in [3.63, 3.8) is 0 Å². The molecule has 1 fully saturated rings. The molecule has 0 aliphatic heterocycles. The lowest BCUT2D eigenvalue weighted by molar-refractivity contribution is -0.146. The lowest BCUT2D eigenvalue weighted by atomic mass is 10.0. The molecule has 5 heteroatoms. The van der Waals surface area contributed by atoms with Crippen LogP contribution in [0.15, 0.2) is 0 Å². The van der Waals surface area contributed by atoms with Crippen LogP contribution >= 0.6 is 12.4 Å². The van der Waals surface area contributed by atoms with Crippen LogP contribution in [0.25, 0.3) is 0 Å². The summed E-state index contributed by atoms with van der Waals surface area (Å²) in [6, 6.07) is 0. The average Bonchev–Trinajstić information content (AvgIpc) is 2.45. The largest absolute Gasteiger partial charge is 0.389 e. The van der Waals surface area contributed by atoms with Crippen LogP contribution in [0, 0.1) is 5.41 Å². The highest BCUT2D eigenvalue weighted by Crippen LogP contribution is 2.51. The highest BCUT2D eigenvalue weighted by Gasteiger charge is 2.49. The molecule has 0 heterocycles. The second kappa shape index (κ2) is 3.19. The Morgan fingerprint density at radius 2 is 1.73 bits per heavy atom. The third-order valence-electron chi connectivity index (χ3n) is 1.97. The van der Waals surface area contributed by atoms with Gasteiger partial charge in [0, 0.05) is 0 Å². The summed E-state index contributed by atoms with van der Waals surface area (Å²) < 4.78 is 35.2. The average molecular weight is 190 g/mol. The zero-order chi connectivity index (χ0) is 7.83. The summed E-state index contributed by atoms with van der Waals surface area (Å²) in [6.45, 7) is 0.173. The van der Waals surface area contributed by atoms with E-state index in [1.54, 1.807) is 0 Å². The number of alkyl halides is 3. The van der Waals surface area contributed by atoms with Crippen molar-refractivity contribution < 1.29 is 13.2 Å². The smallest absolute Gasteiger partial charge is 0.330 e. The summed E-state index contributed by atoms with van der Waals surface area (Å²) in [6.07, 6.45) is -3.45. The summed E-state index contributed by atoms with van der Waals surface area (Å²) >= 11 is 0. The van der Waals surface area contributed by atoms with E-state index in [1.165, 1.54) is 0 Å². The van der Waals surface area contributed by atoms with Gasteiger partial charge in [-0.15, -0.1) is 12.4 Å². The Labute approximate surface area is 69.5 Å². The zero-order valence-corrected chi connectivity index (χ0v) is 6.76. The van der Waals surface area contributed by atoms with E-state index in [9.17, 15) is 13.2 Å². The van der Waals surface area contributed by atoms with Crippen molar-refractivity contribution in [3.05, 3.63) is 0 Å². The monoisotopic (exact) mass is 189 g/mol. The van der Waals surface area contributed by atoms with Gasteiger partial charge in [0.15, 0.2) is 0 Å². The van der Waals surface area contributed by atoms with Gasteiger partial charge in [-0.1, -0.05) is 0 Å². The summed E-state index contributed by atoms with van der Waals surface area (Å²) in [5.74, 6) is 0. The molecule has 1 rings (SSSR count). The summed E-state index contributed by atoms with van der Waals surface area (Å²) in [5.41, 5.74) is 4.60. The predicted molar refractivity (Wildman–Crippen MR) is 38.6 cm³/mol. The molecule has 0 spiro atoms. The highest BCUT2D eigenvalue weighted by molar-refractivity contribution is 5.85. The molecule has 1 nitrogen and oxygen atoms in total. The van der Waals surface area contributed by atoms with Crippen molar-refractivity contribution in [2.24, 2.45) is 11.1 Å². The molecule has 1 saturated carbocycles. The molecule has 0 aromatic carbocycles. The fourth-order valence-electron chi connectivity index (χ4n) is 1.06. The van der Waals surface area contributed by atoms with Crippen LogP contribution < -0.4 is 5.73 Å². The van der Waals surface area contributed by atoms with Gasteiger partial charge in [0.1, 0.15) is 0 Å². The van der Waals surface area contributed by atoms with Crippen LogP contribution in [0.4, 0.5) is 13.2 Å². The van der Waals surface area contributed by atoms with Gasteiger partial charge in [-0.05, 0) is 24.8 Å². The maximum absolute atomic E-state index is 11.7. The van der Waals surface area contributed by atoms with Gasteiger partial charge in [0.2, 0.25) is 0 Å². The van der Waals surface area contributed by atoms with Gasteiger partial charge < -0.3 is 5.73 Å². The molecule has 68 valence electrons. The first-order valence-corrected chi connectivity index (χ1v) is 3.24. The van der Waals surface area contributed by atoms with Crippen molar-refractivity contribution in [1.29, 1.82) is 0 Å². The highest BCUT2D eigenvalue weighted by atomic mass is 35.5. The standard InChI is InChI=1S/C6H10F3N.ClH/c7-6(8,9)3-5(4-10)1-2-5;/h1-4,10H2;1H. The van der Waals surface area contributed by atoms with Crippen molar-refractivity contribution in [2.75, 3.05) is 6.54 Å². The second-order valence-electron chi connectivity index (χ2n) is 3.00. The van der Waals surface area contributed by atoms with Gasteiger partial charge in [-0.2, -0.15) is 13.2 Å². The maximum atomic E-state index is 11.7. The van der Waals surface area contributed by atoms with E-state index >= 15 is 0 Å². The number of rotatable bonds is 2. The van der Waals surface area contributed by atoms with E-state index in [0.29, 0.717) is 12.8 Å². The Morgan fingerprint density at radius 1 is 1.27 bits per heavy atom. The lowest BCUT2D eigenvalue weighted by Gasteiger charge is -2.13. The normalized spacial score (nSPS) is 20.7. The Kier molecular flexibility index (Phi) is 3.20. The van der Waals surface area contributed by atoms with Gasteiger partial charge in [0.25, 0.3) is 0 Å². The minimum Gasteiger partial charge on any atom is -0.330 e. The molecule has 0 atom stereocenters. The Balaban J connectivity index is 0.000001000. The van der Waals surface area contributed by atoms with Gasteiger partial charge >= 0.3 is 6.18 Å². The number of hydrogen-bond donors (Lipinski definition) is 1. The van der Waals surface area contributed by atoms with Crippen molar-refractivity contribution in [3.8, 4) is 0 Å². The molecular formula is C6H11ClF3N. The van der Waals surface area contributed by atoms with Crippen LogP contribution in [0.5, 0.6) is 0 Å². The topological polar surface area (TPSA) is 26.0 Å². The Hall–Kier alpha value is 0.0400. The van der Waals surface area contributed by atoms with Crippen LogP contribution in [-0.2, 0) is 0 Å². The molecule has 0 saturated heterocycles. The number of nitrogens with two attached hydrogens (primary N) is 1. The van der Waals surface area contributed by atoms with Crippen LogP contribution in [0.2, 0.25) is 0 Å². The molecule has 2 N–H and O–H groups in total. The first-order valence-electron chi connectivity index (χ1n) is 3.24. The van der Waals surface area contributed by atoms with E-state index in [1.807, 2.05) is 0 Å². The quantitative estimate of drug-likeness (QED) is 0.708. The Morgan fingerprint density at radius 3 is 1.82 bits per heavy atom. The SMILES string of the molecule is Cl.NCC1(CC(F)(F)F)CC1.